The quantitative estimate of drug-likeness (QED) is 0.648. The molecule has 0 saturated carbocycles. The molecule has 1 aromatic heterocycles. The molecule has 0 fully saturated rings. The second-order valence-corrected chi connectivity index (χ2v) is 4.18. The van der Waals surface area contributed by atoms with Crippen molar-refractivity contribution in [1.29, 1.82) is 0 Å². The van der Waals surface area contributed by atoms with E-state index in [-0.39, 0.29) is 5.69 Å². The molecule has 92 valence electrons. The number of nitrogens with zero attached hydrogens (tertiary/aromatic N) is 1. The third kappa shape index (κ3) is 2.48. The molecular formula is C14H14N2O2. The lowest BCUT2D eigenvalue weighted by atomic mass is 10.1. The SMILES string of the molecule is Cc1ccc(C)c(NC(=O)c2cccc[n+]2[O-])c1. The number of hydrogen-bond donors (Lipinski definition) is 1. The Bertz CT molecular complexity index is 594. The van der Waals surface area contributed by atoms with Gasteiger partial charge in [-0.25, -0.2) is 0 Å². The minimum absolute atomic E-state index is 0.0819. The van der Waals surface area contributed by atoms with Crippen LogP contribution in [-0.4, -0.2) is 5.91 Å². The molecule has 0 bridgehead atoms. The first-order chi connectivity index (χ1) is 8.58. The van der Waals surface area contributed by atoms with Crippen molar-refractivity contribution < 1.29 is 9.52 Å². The summed E-state index contributed by atoms with van der Waals surface area (Å²) in [5, 5.41) is 14.2. The normalized spacial score (nSPS) is 10.1. The van der Waals surface area contributed by atoms with Gasteiger partial charge in [-0.1, -0.05) is 12.1 Å². The molecule has 0 aliphatic heterocycles. The molecule has 2 rings (SSSR count). The predicted octanol–water partition coefficient (Wildman–Crippen LogP) is 2.19. The van der Waals surface area contributed by atoms with Crippen LogP contribution in [0.1, 0.15) is 21.6 Å². The van der Waals surface area contributed by atoms with Crippen LogP contribution in [0.25, 0.3) is 0 Å². The Hall–Kier alpha value is -2.36. The maximum atomic E-state index is 12.0. The van der Waals surface area contributed by atoms with Gasteiger partial charge in [0.15, 0.2) is 6.20 Å². The molecule has 4 heteroatoms. The number of rotatable bonds is 2. The minimum Gasteiger partial charge on any atom is -0.618 e. The molecule has 0 saturated heterocycles. The van der Waals surface area contributed by atoms with Gasteiger partial charge in [0.25, 0.3) is 5.69 Å². The van der Waals surface area contributed by atoms with E-state index in [1.807, 2.05) is 32.0 Å². The van der Waals surface area contributed by atoms with Gasteiger partial charge in [-0.05, 0) is 37.1 Å². The lowest BCUT2D eigenvalue weighted by Gasteiger charge is -2.09. The van der Waals surface area contributed by atoms with E-state index in [9.17, 15) is 10.0 Å². The Labute approximate surface area is 105 Å². The average molecular weight is 242 g/mol. The van der Waals surface area contributed by atoms with Crippen LogP contribution < -0.4 is 10.0 Å². The third-order valence-electron chi connectivity index (χ3n) is 2.70. The van der Waals surface area contributed by atoms with Gasteiger partial charge in [0, 0.05) is 17.8 Å². The van der Waals surface area contributed by atoms with Crippen molar-refractivity contribution in [2.45, 2.75) is 13.8 Å². The third-order valence-corrected chi connectivity index (χ3v) is 2.70. The van der Waals surface area contributed by atoms with Crippen molar-refractivity contribution >= 4 is 11.6 Å². The summed E-state index contributed by atoms with van der Waals surface area (Å²) in [4.78, 5) is 12.0. The van der Waals surface area contributed by atoms with Crippen LogP contribution in [0.2, 0.25) is 0 Å². The molecule has 4 nitrogen and oxygen atoms in total. The molecule has 0 aliphatic rings. The number of pyridine rings is 1. The average Bonchev–Trinajstić information content (AvgIpc) is 2.34. The lowest BCUT2D eigenvalue weighted by Crippen LogP contribution is -2.36. The van der Waals surface area contributed by atoms with Gasteiger partial charge in [-0.15, -0.1) is 0 Å². The van der Waals surface area contributed by atoms with Crippen LogP contribution in [0.4, 0.5) is 5.69 Å². The fraction of sp³-hybridized carbons (Fsp3) is 0.143. The van der Waals surface area contributed by atoms with Gasteiger partial charge in [0.2, 0.25) is 0 Å². The molecule has 18 heavy (non-hydrogen) atoms. The Morgan fingerprint density at radius 3 is 2.72 bits per heavy atom. The van der Waals surface area contributed by atoms with E-state index in [2.05, 4.69) is 5.32 Å². The van der Waals surface area contributed by atoms with Gasteiger partial charge < -0.3 is 10.5 Å². The van der Waals surface area contributed by atoms with Gasteiger partial charge in [-0.2, -0.15) is 4.73 Å². The summed E-state index contributed by atoms with van der Waals surface area (Å²) < 4.78 is 0.556. The Morgan fingerprint density at radius 1 is 1.22 bits per heavy atom. The first-order valence-corrected chi connectivity index (χ1v) is 5.65. The zero-order chi connectivity index (χ0) is 13.1. The fourth-order valence-electron chi connectivity index (χ4n) is 1.66. The first-order valence-electron chi connectivity index (χ1n) is 5.65. The van der Waals surface area contributed by atoms with Crippen LogP contribution in [0.3, 0.4) is 0 Å². The van der Waals surface area contributed by atoms with E-state index in [1.165, 1.54) is 12.3 Å². The van der Waals surface area contributed by atoms with Crippen molar-refractivity contribution in [3.63, 3.8) is 0 Å². The molecule has 0 radical (unpaired) electrons. The Balaban J connectivity index is 2.27. The number of hydrogen-bond acceptors (Lipinski definition) is 2. The van der Waals surface area contributed by atoms with Crippen molar-refractivity contribution in [3.05, 3.63) is 64.6 Å². The van der Waals surface area contributed by atoms with Gasteiger partial charge in [0.1, 0.15) is 0 Å². The number of carbonyl (C=O) groups excluding carboxylic acids is 1. The highest BCUT2D eigenvalue weighted by molar-refractivity contribution is 6.02. The monoisotopic (exact) mass is 242 g/mol. The van der Waals surface area contributed by atoms with Gasteiger partial charge in [0.05, 0.1) is 0 Å². The second-order valence-electron chi connectivity index (χ2n) is 4.18. The number of nitrogens with one attached hydrogen (secondary N) is 1. The summed E-state index contributed by atoms with van der Waals surface area (Å²) >= 11 is 0. The lowest BCUT2D eigenvalue weighted by molar-refractivity contribution is -0.607. The minimum atomic E-state index is -0.403. The zero-order valence-electron chi connectivity index (χ0n) is 10.3. The fourth-order valence-corrected chi connectivity index (χ4v) is 1.66. The molecule has 2 aromatic rings. The standard InChI is InChI=1S/C14H14N2O2/c1-10-6-7-11(2)12(9-10)15-14(17)13-5-3-4-8-16(13)18/h3-9H,1-2H3,(H,15,17). The summed E-state index contributed by atoms with van der Waals surface area (Å²) in [6.45, 7) is 3.86. The molecular weight excluding hydrogens is 228 g/mol. The second kappa shape index (κ2) is 4.87. The highest BCUT2D eigenvalue weighted by atomic mass is 16.5. The van der Waals surface area contributed by atoms with E-state index in [0.717, 1.165) is 16.8 Å². The number of carbonyl (C=O) groups is 1. The van der Waals surface area contributed by atoms with E-state index in [4.69, 9.17) is 0 Å². The first kappa shape index (κ1) is 12.1. The molecule has 1 aromatic carbocycles. The summed E-state index contributed by atoms with van der Waals surface area (Å²) in [5.41, 5.74) is 2.82. The summed E-state index contributed by atoms with van der Waals surface area (Å²) in [6.07, 6.45) is 1.30. The van der Waals surface area contributed by atoms with Crippen molar-refractivity contribution in [3.8, 4) is 0 Å². The summed E-state index contributed by atoms with van der Waals surface area (Å²) in [5.74, 6) is -0.403. The molecule has 0 unspecified atom stereocenters. The number of amides is 1. The molecule has 0 aliphatic carbocycles. The number of aryl methyl sites for hydroxylation is 2. The largest absolute Gasteiger partial charge is 0.618 e. The van der Waals surface area contributed by atoms with E-state index >= 15 is 0 Å². The Kier molecular flexibility index (Phi) is 3.28. The topological polar surface area (TPSA) is 56.0 Å². The van der Waals surface area contributed by atoms with Crippen LogP contribution in [-0.2, 0) is 0 Å². The molecule has 0 spiro atoms. The smallest absolute Gasteiger partial charge is 0.321 e. The maximum Gasteiger partial charge on any atom is 0.321 e. The van der Waals surface area contributed by atoms with Crippen molar-refractivity contribution in [2.24, 2.45) is 0 Å². The van der Waals surface area contributed by atoms with Crippen LogP contribution in [0, 0.1) is 19.1 Å². The molecule has 1 N–H and O–H groups in total. The maximum absolute atomic E-state index is 12.0. The van der Waals surface area contributed by atoms with Crippen LogP contribution >= 0.6 is 0 Å². The van der Waals surface area contributed by atoms with E-state index < -0.39 is 5.91 Å². The van der Waals surface area contributed by atoms with Crippen LogP contribution in [0.5, 0.6) is 0 Å². The Morgan fingerprint density at radius 2 is 2.00 bits per heavy atom. The predicted molar refractivity (Wildman–Crippen MR) is 69.3 cm³/mol. The summed E-state index contributed by atoms with van der Waals surface area (Å²) in [7, 11) is 0. The van der Waals surface area contributed by atoms with Gasteiger partial charge in [-0.3, -0.25) is 4.79 Å². The van der Waals surface area contributed by atoms with Gasteiger partial charge >= 0.3 is 5.91 Å². The van der Waals surface area contributed by atoms with Crippen molar-refractivity contribution in [2.75, 3.05) is 5.32 Å². The molecule has 0 atom stereocenters. The van der Waals surface area contributed by atoms with Crippen LogP contribution in [0.15, 0.2) is 42.6 Å². The van der Waals surface area contributed by atoms with Crippen molar-refractivity contribution in [1.82, 2.24) is 0 Å². The van der Waals surface area contributed by atoms with E-state index in [1.54, 1.807) is 12.1 Å². The zero-order valence-corrected chi connectivity index (χ0v) is 10.3. The number of anilines is 1. The summed E-state index contributed by atoms with van der Waals surface area (Å²) in [6, 6.07) is 10.5. The number of benzene rings is 1. The molecule has 1 heterocycles. The highest BCUT2D eigenvalue weighted by Gasteiger charge is 2.15. The van der Waals surface area contributed by atoms with E-state index in [0.29, 0.717) is 4.73 Å². The highest BCUT2D eigenvalue weighted by Crippen LogP contribution is 2.16. The molecule has 1 amide bonds. The number of aromatic nitrogens is 1.